The predicted molar refractivity (Wildman–Crippen MR) is 97.4 cm³/mol. The van der Waals surface area contributed by atoms with Crippen molar-refractivity contribution in [1.82, 2.24) is 9.78 Å². The van der Waals surface area contributed by atoms with Crippen molar-refractivity contribution in [3.8, 4) is 5.69 Å². The number of carbonyl (C=O) groups excluding carboxylic acids is 2. The van der Waals surface area contributed by atoms with Gasteiger partial charge < -0.3 is 10.6 Å². The van der Waals surface area contributed by atoms with E-state index in [4.69, 9.17) is 0 Å². The van der Waals surface area contributed by atoms with Gasteiger partial charge in [-0.05, 0) is 30.2 Å². The molecule has 2 aliphatic rings. The zero-order valence-electron chi connectivity index (χ0n) is 14.1. The third-order valence-corrected chi connectivity index (χ3v) is 5.28. The van der Waals surface area contributed by atoms with Gasteiger partial charge >= 0.3 is 0 Å². The van der Waals surface area contributed by atoms with Crippen molar-refractivity contribution in [3.05, 3.63) is 71.4 Å². The molecule has 3 aromatic rings. The molecular formula is C20H16N4O2. The predicted octanol–water partition coefficient (Wildman–Crippen LogP) is 2.76. The number of nitrogens with zero attached hydrogens (tertiary/aromatic N) is 2. The van der Waals surface area contributed by atoms with E-state index in [1.165, 1.54) is 0 Å². The summed E-state index contributed by atoms with van der Waals surface area (Å²) in [6.07, 6.45) is 1.77. The Kier molecular flexibility index (Phi) is 2.89. The molecule has 2 aromatic carbocycles. The Balaban J connectivity index is 1.79. The fourth-order valence-corrected chi connectivity index (χ4v) is 4.04. The van der Waals surface area contributed by atoms with Crippen molar-refractivity contribution in [2.45, 2.75) is 18.8 Å². The van der Waals surface area contributed by atoms with E-state index in [2.05, 4.69) is 15.7 Å². The van der Waals surface area contributed by atoms with Gasteiger partial charge in [-0.1, -0.05) is 36.4 Å². The van der Waals surface area contributed by atoms with E-state index in [1.54, 1.807) is 10.9 Å². The lowest BCUT2D eigenvalue weighted by atomic mass is 9.72. The lowest BCUT2D eigenvalue weighted by Gasteiger charge is -2.31. The Morgan fingerprint density at radius 2 is 1.77 bits per heavy atom. The number of amides is 2. The van der Waals surface area contributed by atoms with Crippen LogP contribution in [0.1, 0.15) is 23.1 Å². The molecule has 1 atom stereocenters. The fraction of sp³-hybridized carbons (Fsp3) is 0.150. The summed E-state index contributed by atoms with van der Waals surface area (Å²) in [4.78, 5) is 25.6. The molecule has 6 heteroatoms. The summed E-state index contributed by atoms with van der Waals surface area (Å²) in [6.45, 7) is 1.99. The second-order valence-electron chi connectivity index (χ2n) is 6.74. The Hall–Kier alpha value is -3.41. The van der Waals surface area contributed by atoms with Crippen molar-refractivity contribution < 1.29 is 9.59 Å². The average Bonchev–Trinajstić information content (AvgIpc) is 3.16. The molecular weight excluding hydrogens is 328 g/mol. The largest absolute Gasteiger partial charge is 0.325 e. The maximum atomic E-state index is 13.0. The van der Waals surface area contributed by atoms with Crippen molar-refractivity contribution in [3.63, 3.8) is 0 Å². The number of hydrogen-bond acceptors (Lipinski definition) is 3. The van der Waals surface area contributed by atoms with E-state index in [1.807, 2.05) is 55.5 Å². The first-order valence-corrected chi connectivity index (χ1v) is 8.46. The van der Waals surface area contributed by atoms with Crippen LogP contribution in [0, 0.1) is 6.92 Å². The first-order valence-electron chi connectivity index (χ1n) is 8.46. The quantitative estimate of drug-likeness (QED) is 0.713. The average molecular weight is 344 g/mol. The van der Waals surface area contributed by atoms with E-state index in [-0.39, 0.29) is 18.2 Å². The molecule has 2 N–H and O–H groups in total. The molecule has 1 spiro atoms. The molecule has 0 bridgehead atoms. The molecule has 0 radical (unpaired) electrons. The summed E-state index contributed by atoms with van der Waals surface area (Å²) in [6, 6.07) is 15.3. The highest BCUT2D eigenvalue weighted by Crippen LogP contribution is 2.50. The van der Waals surface area contributed by atoms with Gasteiger partial charge in [0.15, 0.2) is 0 Å². The molecule has 0 saturated carbocycles. The van der Waals surface area contributed by atoms with Crippen molar-refractivity contribution >= 4 is 23.3 Å². The van der Waals surface area contributed by atoms with E-state index in [0.717, 1.165) is 28.1 Å². The number of hydrogen-bond donors (Lipinski definition) is 2. The highest BCUT2D eigenvalue weighted by atomic mass is 16.2. The van der Waals surface area contributed by atoms with Gasteiger partial charge in [-0.3, -0.25) is 9.59 Å². The van der Waals surface area contributed by atoms with Gasteiger partial charge in [0.05, 0.1) is 11.9 Å². The highest BCUT2D eigenvalue weighted by Gasteiger charge is 2.54. The number of fused-ring (bicyclic) bond motifs is 4. The fourth-order valence-electron chi connectivity index (χ4n) is 4.04. The van der Waals surface area contributed by atoms with Gasteiger partial charge in [-0.2, -0.15) is 5.10 Å². The summed E-state index contributed by atoms with van der Waals surface area (Å²) in [5.74, 6) is 0.182. The van der Waals surface area contributed by atoms with Crippen LogP contribution in [0.3, 0.4) is 0 Å². The maximum Gasteiger partial charge on any atom is 0.240 e. The minimum Gasteiger partial charge on any atom is -0.325 e. The zero-order valence-corrected chi connectivity index (χ0v) is 14.1. The van der Waals surface area contributed by atoms with Crippen LogP contribution < -0.4 is 10.6 Å². The molecule has 128 valence electrons. The molecule has 0 fully saturated rings. The smallest absolute Gasteiger partial charge is 0.240 e. The van der Waals surface area contributed by atoms with Crippen LogP contribution in [0.5, 0.6) is 0 Å². The van der Waals surface area contributed by atoms with E-state index in [0.29, 0.717) is 5.82 Å². The van der Waals surface area contributed by atoms with Crippen molar-refractivity contribution in [1.29, 1.82) is 0 Å². The summed E-state index contributed by atoms with van der Waals surface area (Å²) in [5, 5.41) is 10.4. The van der Waals surface area contributed by atoms with Gasteiger partial charge in [0, 0.05) is 17.7 Å². The minimum absolute atomic E-state index is 0.0717. The van der Waals surface area contributed by atoms with Gasteiger partial charge in [0.1, 0.15) is 11.2 Å². The standard InChI is InChI=1S/C20H16N4O2/c1-12-6-2-5-9-16(12)24-18-14(11-21-24)20(10-17(25)23-18)13-7-3-4-8-15(13)22-19(20)26/h2-9,11H,10H2,1H3,(H,22,26)(H,23,25). The monoisotopic (exact) mass is 344 g/mol. The second kappa shape index (κ2) is 5.05. The van der Waals surface area contributed by atoms with E-state index >= 15 is 0 Å². The molecule has 1 aromatic heterocycles. The molecule has 3 heterocycles. The van der Waals surface area contributed by atoms with Gasteiger partial charge in [-0.25, -0.2) is 4.68 Å². The Labute approximate surface area is 149 Å². The SMILES string of the molecule is Cc1ccccc1-n1ncc2c1NC(=O)CC21C(=O)Nc2ccccc21. The van der Waals surface area contributed by atoms with Crippen molar-refractivity contribution in [2.24, 2.45) is 0 Å². The number of aryl methyl sites for hydroxylation is 1. The minimum atomic E-state index is -1.03. The number of aromatic nitrogens is 2. The van der Waals surface area contributed by atoms with Gasteiger partial charge in [0.2, 0.25) is 11.8 Å². The third-order valence-electron chi connectivity index (χ3n) is 5.28. The molecule has 0 aliphatic carbocycles. The van der Waals surface area contributed by atoms with E-state index in [9.17, 15) is 9.59 Å². The highest BCUT2D eigenvalue weighted by molar-refractivity contribution is 6.14. The topological polar surface area (TPSA) is 76.0 Å². The number of para-hydroxylation sites is 2. The van der Waals surface area contributed by atoms with Crippen LogP contribution in [-0.2, 0) is 15.0 Å². The van der Waals surface area contributed by atoms with Crippen LogP contribution in [0.25, 0.3) is 5.69 Å². The summed E-state index contributed by atoms with van der Waals surface area (Å²) in [7, 11) is 0. The maximum absolute atomic E-state index is 13.0. The van der Waals surface area contributed by atoms with Crippen LogP contribution in [0.4, 0.5) is 11.5 Å². The van der Waals surface area contributed by atoms with Crippen LogP contribution in [0.2, 0.25) is 0 Å². The first kappa shape index (κ1) is 14.9. The van der Waals surface area contributed by atoms with E-state index < -0.39 is 5.41 Å². The molecule has 26 heavy (non-hydrogen) atoms. The number of benzene rings is 2. The number of carbonyl (C=O) groups is 2. The molecule has 6 nitrogen and oxygen atoms in total. The Morgan fingerprint density at radius 3 is 2.62 bits per heavy atom. The molecule has 5 rings (SSSR count). The first-order chi connectivity index (χ1) is 12.6. The second-order valence-corrected chi connectivity index (χ2v) is 6.74. The van der Waals surface area contributed by atoms with Crippen LogP contribution in [-0.4, -0.2) is 21.6 Å². The summed E-state index contributed by atoms with van der Waals surface area (Å²) in [5.41, 5.74) is 3.17. The molecule has 1 unspecified atom stereocenters. The Bertz CT molecular complexity index is 1080. The zero-order chi connectivity index (χ0) is 17.9. The normalized spacial score (nSPS) is 20.5. The molecule has 2 aliphatic heterocycles. The molecule has 0 saturated heterocycles. The summed E-state index contributed by atoms with van der Waals surface area (Å²) >= 11 is 0. The number of rotatable bonds is 1. The van der Waals surface area contributed by atoms with Gasteiger partial charge in [-0.15, -0.1) is 0 Å². The van der Waals surface area contributed by atoms with Crippen LogP contribution in [0.15, 0.2) is 54.7 Å². The van der Waals surface area contributed by atoms with Crippen molar-refractivity contribution in [2.75, 3.05) is 10.6 Å². The molecule has 2 amide bonds. The van der Waals surface area contributed by atoms with Crippen LogP contribution >= 0.6 is 0 Å². The summed E-state index contributed by atoms with van der Waals surface area (Å²) < 4.78 is 1.71. The van der Waals surface area contributed by atoms with Gasteiger partial charge in [0.25, 0.3) is 0 Å². The lowest BCUT2D eigenvalue weighted by molar-refractivity contribution is -0.125. The lowest BCUT2D eigenvalue weighted by Crippen LogP contribution is -2.43. The number of anilines is 2. The Morgan fingerprint density at radius 1 is 1.00 bits per heavy atom. The number of nitrogens with one attached hydrogen (secondary N) is 2. The third kappa shape index (κ3) is 1.78.